The standard InChI is InChI=1S/C22H25N3O3S/c1-15-21(26)23-19-13-17(5-8-20(19)29-15)22(27)25-11-9-24(10-12-25)14-16-3-6-18(28-2)7-4-16/h3-8,13,15H,9-12,14H2,1-2H3,(H,23,26). The summed E-state index contributed by atoms with van der Waals surface area (Å²) in [5.74, 6) is 0.868. The summed E-state index contributed by atoms with van der Waals surface area (Å²) in [4.78, 5) is 30.1. The van der Waals surface area contributed by atoms with Crippen molar-refractivity contribution in [1.29, 1.82) is 0 Å². The largest absolute Gasteiger partial charge is 0.497 e. The van der Waals surface area contributed by atoms with E-state index in [-0.39, 0.29) is 17.1 Å². The number of nitrogens with one attached hydrogen (secondary N) is 1. The molecular weight excluding hydrogens is 386 g/mol. The zero-order valence-corrected chi connectivity index (χ0v) is 17.5. The fraction of sp³-hybridized carbons (Fsp3) is 0.364. The lowest BCUT2D eigenvalue weighted by molar-refractivity contribution is -0.115. The van der Waals surface area contributed by atoms with E-state index in [0.29, 0.717) is 18.7 Å². The predicted molar refractivity (Wildman–Crippen MR) is 115 cm³/mol. The van der Waals surface area contributed by atoms with Crippen LogP contribution in [-0.4, -0.2) is 60.2 Å². The van der Waals surface area contributed by atoms with Crippen LogP contribution < -0.4 is 10.1 Å². The molecule has 1 N–H and O–H groups in total. The highest BCUT2D eigenvalue weighted by Crippen LogP contribution is 2.36. The zero-order valence-electron chi connectivity index (χ0n) is 16.7. The van der Waals surface area contributed by atoms with E-state index in [4.69, 9.17) is 4.74 Å². The molecule has 2 heterocycles. The summed E-state index contributed by atoms with van der Waals surface area (Å²) in [7, 11) is 1.67. The average molecular weight is 412 g/mol. The van der Waals surface area contributed by atoms with Crippen LogP contribution in [0.25, 0.3) is 0 Å². The normalized spacial score (nSPS) is 19.4. The number of amides is 2. The van der Waals surface area contributed by atoms with Crippen molar-refractivity contribution in [2.45, 2.75) is 23.6 Å². The Morgan fingerprint density at radius 3 is 2.55 bits per heavy atom. The molecular formula is C22H25N3O3S. The van der Waals surface area contributed by atoms with Gasteiger partial charge in [0.15, 0.2) is 0 Å². The summed E-state index contributed by atoms with van der Waals surface area (Å²) >= 11 is 1.53. The van der Waals surface area contributed by atoms with Crippen molar-refractivity contribution in [3.8, 4) is 5.75 Å². The second-order valence-corrected chi connectivity index (χ2v) is 8.76. The highest BCUT2D eigenvalue weighted by atomic mass is 32.2. The Morgan fingerprint density at radius 1 is 1.14 bits per heavy atom. The molecule has 0 radical (unpaired) electrons. The van der Waals surface area contributed by atoms with E-state index >= 15 is 0 Å². The fourth-order valence-electron chi connectivity index (χ4n) is 3.62. The first-order chi connectivity index (χ1) is 14.0. The van der Waals surface area contributed by atoms with Gasteiger partial charge in [0.05, 0.1) is 18.0 Å². The number of hydrogen-bond donors (Lipinski definition) is 1. The van der Waals surface area contributed by atoms with Gasteiger partial charge >= 0.3 is 0 Å². The lowest BCUT2D eigenvalue weighted by atomic mass is 10.1. The number of methoxy groups -OCH3 is 1. The maximum Gasteiger partial charge on any atom is 0.254 e. The SMILES string of the molecule is COc1ccc(CN2CCN(C(=O)c3ccc4c(c3)NC(=O)C(C)S4)CC2)cc1. The van der Waals surface area contributed by atoms with Crippen molar-refractivity contribution in [3.05, 3.63) is 53.6 Å². The molecule has 29 heavy (non-hydrogen) atoms. The highest BCUT2D eigenvalue weighted by molar-refractivity contribution is 8.00. The third-order valence-electron chi connectivity index (χ3n) is 5.38. The summed E-state index contributed by atoms with van der Waals surface area (Å²) < 4.78 is 5.21. The number of thioether (sulfide) groups is 1. The minimum absolute atomic E-state index is 0.0146. The molecule has 0 spiro atoms. The van der Waals surface area contributed by atoms with E-state index in [1.807, 2.05) is 36.1 Å². The first-order valence-corrected chi connectivity index (χ1v) is 10.7. The van der Waals surface area contributed by atoms with Gasteiger partial charge in [-0.25, -0.2) is 0 Å². The zero-order chi connectivity index (χ0) is 20.4. The summed E-state index contributed by atoms with van der Waals surface area (Å²) in [5, 5.41) is 2.79. The van der Waals surface area contributed by atoms with Gasteiger partial charge < -0.3 is 15.0 Å². The van der Waals surface area contributed by atoms with Gasteiger partial charge in [-0.1, -0.05) is 12.1 Å². The molecule has 2 aliphatic heterocycles. The number of hydrogen-bond acceptors (Lipinski definition) is 5. The number of fused-ring (bicyclic) bond motifs is 1. The molecule has 7 heteroatoms. The van der Waals surface area contributed by atoms with Crippen LogP contribution in [0.4, 0.5) is 5.69 Å². The smallest absolute Gasteiger partial charge is 0.254 e. The number of nitrogens with zero attached hydrogens (tertiary/aromatic N) is 2. The molecule has 2 aromatic rings. The Balaban J connectivity index is 1.35. The second kappa shape index (κ2) is 8.47. The average Bonchev–Trinajstić information content (AvgIpc) is 2.75. The number of anilines is 1. The minimum atomic E-state index is -0.108. The molecule has 0 aliphatic carbocycles. The van der Waals surface area contributed by atoms with Crippen molar-refractivity contribution >= 4 is 29.3 Å². The van der Waals surface area contributed by atoms with Crippen molar-refractivity contribution in [3.63, 3.8) is 0 Å². The molecule has 2 amide bonds. The topological polar surface area (TPSA) is 61.9 Å². The highest BCUT2D eigenvalue weighted by Gasteiger charge is 2.26. The molecule has 1 fully saturated rings. The number of benzene rings is 2. The molecule has 4 rings (SSSR count). The van der Waals surface area contributed by atoms with Crippen LogP contribution in [0.3, 0.4) is 0 Å². The van der Waals surface area contributed by atoms with Crippen molar-refractivity contribution in [1.82, 2.24) is 9.80 Å². The quantitative estimate of drug-likeness (QED) is 0.838. The summed E-state index contributed by atoms with van der Waals surface area (Å²) in [6.07, 6.45) is 0. The number of carbonyl (C=O) groups excluding carboxylic acids is 2. The molecule has 0 saturated carbocycles. The summed E-state index contributed by atoms with van der Waals surface area (Å²) in [6, 6.07) is 13.7. The Morgan fingerprint density at radius 2 is 1.86 bits per heavy atom. The van der Waals surface area contributed by atoms with Crippen molar-refractivity contribution in [2.24, 2.45) is 0 Å². The van der Waals surface area contributed by atoms with Crippen LogP contribution in [0.15, 0.2) is 47.4 Å². The lowest BCUT2D eigenvalue weighted by Gasteiger charge is -2.35. The molecule has 2 aliphatic rings. The molecule has 0 bridgehead atoms. The molecule has 1 atom stereocenters. The van der Waals surface area contributed by atoms with E-state index < -0.39 is 0 Å². The van der Waals surface area contributed by atoms with Crippen LogP contribution in [0, 0.1) is 0 Å². The maximum absolute atomic E-state index is 12.9. The summed E-state index contributed by atoms with van der Waals surface area (Å²) in [5.41, 5.74) is 2.60. The van der Waals surface area contributed by atoms with E-state index in [1.165, 1.54) is 17.3 Å². The lowest BCUT2D eigenvalue weighted by Crippen LogP contribution is -2.48. The van der Waals surface area contributed by atoms with Crippen LogP contribution in [0.5, 0.6) is 5.75 Å². The van der Waals surface area contributed by atoms with Gasteiger partial charge in [-0.05, 0) is 42.8 Å². The van der Waals surface area contributed by atoms with Gasteiger partial charge in [-0.15, -0.1) is 11.8 Å². The Kier molecular flexibility index (Phi) is 5.78. The Bertz CT molecular complexity index is 908. The monoisotopic (exact) mass is 411 g/mol. The minimum Gasteiger partial charge on any atom is -0.497 e. The van der Waals surface area contributed by atoms with Crippen LogP contribution >= 0.6 is 11.8 Å². The van der Waals surface area contributed by atoms with Crippen LogP contribution in [-0.2, 0) is 11.3 Å². The maximum atomic E-state index is 12.9. The predicted octanol–water partition coefficient (Wildman–Crippen LogP) is 3.09. The van der Waals surface area contributed by atoms with Gasteiger partial charge in [-0.2, -0.15) is 0 Å². The first kappa shape index (κ1) is 19.8. The van der Waals surface area contributed by atoms with Gasteiger partial charge in [0.1, 0.15) is 5.75 Å². The number of rotatable bonds is 4. The van der Waals surface area contributed by atoms with E-state index in [1.54, 1.807) is 13.2 Å². The molecule has 0 aromatic heterocycles. The molecule has 1 saturated heterocycles. The number of piperazine rings is 1. The Labute approximate surface area is 175 Å². The van der Waals surface area contributed by atoms with Gasteiger partial charge in [0.2, 0.25) is 5.91 Å². The van der Waals surface area contributed by atoms with Gasteiger partial charge in [0, 0.05) is 43.2 Å². The molecule has 1 unspecified atom stereocenters. The number of carbonyl (C=O) groups is 2. The van der Waals surface area contributed by atoms with E-state index in [2.05, 4.69) is 22.3 Å². The molecule has 6 nitrogen and oxygen atoms in total. The third kappa shape index (κ3) is 4.41. The second-order valence-electron chi connectivity index (χ2n) is 7.38. The van der Waals surface area contributed by atoms with Crippen LogP contribution in [0.1, 0.15) is 22.8 Å². The fourth-order valence-corrected chi connectivity index (χ4v) is 4.55. The molecule has 2 aromatic carbocycles. The van der Waals surface area contributed by atoms with Crippen molar-refractivity contribution < 1.29 is 14.3 Å². The third-order valence-corrected chi connectivity index (χ3v) is 6.56. The van der Waals surface area contributed by atoms with E-state index in [0.717, 1.165) is 36.0 Å². The Hall–Kier alpha value is -2.51. The summed E-state index contributed by atoms with van der Waals surface area (Å²) in [6.45, 7) is 5.83. The van der Waals surface area contributed by atoms with Crippen LogP contribution in [0.2, 0.25) is 0 Å². The number of ether oxygens (including phenoxy) is 1. The van der Waals surface area contributed by atoms with E-state index in [9.17, 15) is 9.59 Å². The van der Waals surface area contributed by atoms with Gasteiger partial charge in [-0.3, -0.25) is 14.5 Å². The van der Waals surface area contributed by atoms with Gasteiger partial charge in [0.25, 0.3) is 5.91 Å². The molecule has 152 valence electrons. The van der Waals surface area contributed by atoms with Crippen molar-refractivity contribution in [2.75, 3.05) is 38.6 Å². The first-order valence-electron chi connectivity index (χ1n) is 9.79.